The lowest BCUT2D eigenvalue weighted by molar-refractivity contribution is -0.142. The molecule has 2 aliphatic rings. The van der Waals surface area contributed by atoms with Crippen LogP contribution in [0.1, 0.15) is 27.9 Å². The van der Waals surface area contributed by atoms with Gasteiger partial charge < -0.3 is 19.5 Å². The Morgan fingerprint density at radius 1 is 1.00 bits per heavy atom. The topological polar surface area (TPSA) is 76.1 Å². The van der Waals surface area contributed by atoms with Gasteiger partial charge in [-0.05, 0) is 29.3 Å². The molecule has 0 saturated heterocycles. The van der Waals surface area contributed by atoms with E-state index in [4.69, 9.17) is 9.47 Å². The highest BCUT2D eigenvalue weighted by Crippen LogP contribution is 2.32. The summed E-state index contributed by atoms with van der Waals surface area (Å²) in [4.78, 5) is 26.2. The van der Waals surface area contributed by atoms with Gasteiger partial charge in [0.1, 0.15) is 6.04 Å². The molecule has 0 bridgehead atoms. The molecule has 0 aliphatic carbocycles. The smallest absolute Gasteiger partial charge is 0.326 e. The summed E-state index contributed by atoms with van der Waals surface area (Å²) in [5.41, 5.74) is 2.36. The number of nitrogens with zero attached hydrogens (tertiary/aromatic N) is 1. The average Bonchev–Trinajstić information content (AvgIpc) is 2.91. The third-order valence-corrected chi connectivity index (χ3v) is 4.79. The van der Waals surface area contributed by atoms with Crippen molar-refractivity contribution in [2.75, 3.05) is 13.2 Å². The highest BCUT2D eigenvalue weighted by atomic mass is 16.5. The molecule has 26 heavy (non-hydrogen) atoms. The SMILES string of the molecule is O=C(O)[C@H]1Cc2ccccc2CN1C(=O)c1ccc2c(c1)OCCCO2. The number of aliphatic carboxylic acids is 1. The second-order valence-electron chi connectivity index (χ2n) is 6.47. The van der Waals surface area contributed by atoms with Gasteiger partial charge in [-0.2, -0.15) is 0 Å². The number of hydrogen-bond acceptors (Lipinski definition) is 4. The first-order valence-electron chi connectivity index (χ1n) is 8.63. The molecule has 1 atom stereocenters. The minimum Gasteiger partial charge on any atom is -0.490 e. The summed E-state index contributed by atoms with van der Waals surface area (Å²) in [5.74, 6) is -0.180. The number of amides is 1. The lowest BCUT2D eigenvalue weighted by Crippen LogP contribution is -2.48. The van der Waals surface area contributed by atoms with Crippen molar-refractivity contribution in [2.24, 2.45) is 0 Å². The Kier molecular flexibility index (Phi) is 4.24. The zero-order valence-electron chi connectivity index (χ0n) is 14.2. The molecule has 6 nitrogen and oxygen atoms in total. The summed E-state index contributed by atoms with van der Waals surface area (Å²) in [5, 5.41) is 9.62. The van der Waals surface area contributed by atoms with E-state index in [-0.39, 0.29) is 12.5 Å². The molecule has 0 radical (unpaired) electrons. The number of benzene rings is 2. The molecule has 0 unspecified atom stereocenters. The largest absolute Gasteiger partial charge is 0.490 e. The number of fused-ring (bicyclic) bond motifs is 2. The van der Waals surface area contributed by atoms with Crippen molar-refractivity contribution in [2.45, 2.75) is 25.4 Å². The molecule has 2 aliphatic heterocycles. The van der Waals surface area contributed by atoms with Crippen LogP contribution in [0.15, 0.2) is 42.5 Å². The van der Waals surface area contributed by atoms with Crippen LogP contribution in [0.25, 0.3) is 0 Å². The average molecular weight is 353 g/mol. The summed E-state index contributed by atoms with van der Waals surface area (Å²) >= 11 is 0. The predicted octanol–water partition coefficient (Wildman–Crippen LogP) is 2.50. The van der Waals surface area contributed by atoms with Gasteiger partial charge in [0.25, 0.3) is 5.91 Å². The maximum Gasteiger partial charge on any atom is 0.326 e. The van der Waals surface area contributed by atoms with Crippen LogP contribution in [-0.2, 0) is 17.8 Å². The number of hydrogen-bond donors (Lipinski definition) is 1. The molecule has 0 aromatic heterocycles. The van der Waals surface area contributed by atoms with E-state index in [9.17, 15) is 14.7 Å². The molecule has 0 spiro atoms. The lowest BCUT2D eigenvalue weighted by Gasteiger charge is -2.34. The summed E-state index contributed by atoms with van der Waals surface area (Å²) in [6.07, 6.45) is 1.09. The van der Waals surface area contributed by atoms with Crippen LogP contribution >= 0.6 is 0 Å². The Bertz CT molecular complexity index is 863. The molecular formula is C20H19NO5. The summed E-state index contributed by atoms with van der Waals surface area (Å²) in [6.45, 7) is 1.38. The van der Waals surface area contributed by atoms with Gasteiger partial charge in [-0.1, -0.05) is 24.3 Å². The number of carbonyl (C=O) groups is 2. The van der Waals surface area contributed by atoms with Gasteiger partial charge in [0.05, 0.1) is 13.2 Å². The lowest BCUT2D eigenvalue weighted by atomic mass is 9.93. The van der Waals surface area contributed by atoms with Gasteiger partial charge in [0, 0.05) is 24.9 Å². The molecule has 134 valence electrons. The first kappa shape index (κ1) is 16.4. The standard InChI is InChI=1S/C20H19NO5/c22-19(14-6-7-17-18(11-14)26-9-3-8-25-17)21-12-15-5-2-1-4-13(15)10-16(21)20(23)24/h1-2,4-7,11,16H,3,8-10,12H2,(H,23,24)/t16-/m1/s1. The fraction of sp³-hybridized carbons (Fsp3) is 0.300. The summed E-state index contributed by atoms with van der Waals surface area (Å²) in [7, 11) is 0. The van der Waals surface area contributed by atoms with Crippen LogP contribution in [0.4, 0.5) is 0 Å². The Balaban J connectivity index is 1.66. The Labute approximate surface area is 151 Å². The molecule has 6 heteroatoms. The van der Waals surface area contributed by atoms with Crippen LogP contribution in [0.5, 0.6) is 11.5 Å². The maximum atomic E-state index is 13.1. The summed E-state index contributed by atoms with van der Waals surface area (Å²) < 4.78 is 11.2. The van der Waals surface area contributed by atoms with E-state index < -0.39 is 12.0 Å². The fourth-order valence-corrected chi connectivity index (χ4v) is 3.42. The van der Waals surface area contributed by atoms with Crippen LogP contribution in [0.2, 0.25) is 0 Å². The first-order valence-corrected chi connectivity index (χ1v) is 8.63. The third-order valence-electron chi connectivity index (χ3n) is 4.79. The number of carbonyl (C=O) groups excluding carboxylic acids is 1. The Hall–Kier alpha value is -3.02. The second kappa shape index (κ2) is 6.71. The van der Waals surface area contributed by atoms with Crippen molar-refractivity contribution in [1.82, 2.24) is 4.90 Å². The molecule has 2 heterocycles. The molecule has 4 rings (SSSR count). The van der Waals surface area contributed by atoms with Crippen LogP contribution in [0.3, 0.4) is 0 Å². The molecule has 0 saturated carbocycles. The van der Waals surface area contributed by atoms with E-state index in [2.05, 4.69) is 0 Å². The van der Waals surface area contributed by atoms with Gasteiger partial charge >= 0.3 is 5.97 Å². The van der Waals surface area contributed by atoms with Crippen molar-refractivity contribution in [1.29, 1.82) is 0 Å². The minimum atomic E-state index is -0.998. The van der Waals surface area contributed by atoms with Crippen LogP contribution in [-0.4, -0.2) is 41.1 Å². The van der Waals surface area contributed by atoms with E-state index in [1.165, 1.54) is 4.90 Å². The van der Waals surface area contributed by atoms with Crippen LogP contribution in [0, 0.1) is 0 Å². The van der Waals surface area contributed by atoms with Gasteiger partial charge in [0.2, 0.25) is 0 Å². The van der Waals surface area contributed by atoms with Gasteiger partial charge in [-0.3, -0.25) is 4.79 Å². The highest BCUT2D eigenvalue weighted by molar-refractivity contribution is 5.97. The quantitative estimate of drug-likeness (QED) is 0.898. The molecule has 0 fully saturated rings. The van der Waals surface area contributed by atoms with E-state index in [0.717, 1.165) is 17.5 Å². The van der Waals surface area contributed by atoms with Crippen LogP contribution < -0.4 is 9.47 Å². The highest BCUT2D eigenvalue weighted by Gasteiger charge is 2.35. The zero-order chi connectivity index (χ0) is 18.1. The third kappa shape index (κ3) is 2.98. The molecule has 1 N–H and O–H groups in total. The minimum absolute atomic E-state index is 0.278. The second-order valence-corrected chi connectivity index (χ2v) is 6.47. The maximum absolute atomic E-state index is 13.1. The van der Waals surface area contributed by atoms with Crippen molar-refractivity contribution < 1.29 is 24.2 Å². The van der Waals surface area contributed by atoms with E-state index in [1.54, 1.807) is 18.2 Å². The van der Waals surface area contributed by atoms with Crippen molar-refractivity contribution in [3.8, 4) is 11.5 Å². The molecule has 2 aromatic rings. The number of rotatable bonds is 2. The van der Waals surface area contributed by atoms with E-state index in [1.807, 2.05) is 24.3 Å². The Morgan fingerprint density at radius 3 is 2.50 bits per heavy atom. The number of ether oxygens (including phenoxy) is 2. The van der Waals surface area contributed by atoms with E-state index >= 15 is 0 Å². The van der Waals surface area contributed by atoms with Gasteiger partial charge in [-0.25, -0.2) is 4.79 Å². The van der Waals surface area contributed by atoms with Crippen molar-refractivity contribution in [3.05, 3.63) is 59.2 Å². The van der Waals surface area contributed by atoms with Gasteiger partial charge in [-0.15, -0.1) is 0 Å². The molecule has 2 aromatic carbocycles. The molecule has 1 amide bonds. The normalized spacial score (nSPS) is 18.6. The number of carboxylic acids is 1. The zero-order valence-corrected chi connectivity index (χ0v) is 14.2. The van der Waals surface area contributed by atoms with E-state index in [0.29, 0.717) is 36.7 Å². The number of carboxylic acid groups (broad SMARTS) is 1. The fourth-order valence-electron chi connectivity index (χ4n) is 3.42. The Morgan fingerprint density at radius 2 is 1.73 bits per heavy atom. The predicted molar refractivity (Wildman–Crippen MR) is 93.5 cm³/mol. The molecular weight excluding hydrogens is 334 g/mol. The first-order chi connectivity index (χ1) is 12.6. The van der Waals surface area contributed by atoms with Crippen molar-refractivity contribution >= 4 is 11.9 Å². The monoisotopic (exact) mass is 353 g/mol. The van der Waals surface area contributed by atoms with Gasteiger partial charge in [0.15, 0.2) is 11.5 Å². The van der Waals surface area contributed by atoms with Crippen molar-refractivity contribution in [3.63, 3.8) is 0 Å². The summed E-state index contributed by atoms with van der Waals surface area (Å²) in [6, 6.07) is 11.8.